The van der Waals surface area contributed by atoms with Crippen LogP contribution in [0.3, 0.4) is 0 Å². The van der Waals surface area contributed by atoms with Gasteiger partial charge in [0.15, 0.2) is 5.58 Å². The minimum absolute atomic E-state index is 0.853. The van der Waals surface area contributed by atoms with Crippen molar-refractivity contribution in [3.63, 3.8) is 0 Å². The van der Waals surface area contributed by atoms with Gasteiger partial charge in [0.1, 0.15) is 16.7 Å². The van der Waals surface area contributed by atoms with Crippen LogP contribution in [0.5, 0.6) is 0 Å². The molecular weight excluding hydrogens is 781 g/mol. The van der Waals surface area contributed by atoms with E-state index in [-0.39, 0.29) is 0 Å². The van der Waals surface area contributed by atoms with Crippen LogP contribution in [0, 0.1) is 0 Å². The average Bonchev–Trinajstić information content (AvgIpc) is 4.05. The second-order valence-electron chi connectivity index (χ2n) is 16.5. The number of nitrogens with zero attached hydrogens (tertiary/aromatic N) is 2. The van der Waals surface area contributed by atoms with E-state index in [1.54, 1.807) is 0 Å². The highest BCUT2D eigenvalue weighted by molar-refractivity contribution is 6.15. The zero-order valence-corrected chi connectivity index (χ0v) is 34.7. The Morgan fingerprint density at radius 3 is 1.69 bits per heavy atom. The van der Waals surface area contributed by atoms with E-state index in [1.165, 1.54) is 32.9 Å². The first kappa shape index (κ1) is 36.1. The number of benzene rings is 10. The highest BCUT2D eigenvalue weighted by Gasteiger charge is 2.21. The van der Waals surface area contributed by atoms with Gasteiger partial charge in [0.25, 0.3) is 0 Å². The minimum atomic E-state index is 0.853. The quantitative estimate of drug-likeness (QED) is 0.161. The van der Waals surface area contributed by atoms with E-state index in [4.69, 9.17) is 8.83 Å². The Hall–Kier alpha value is -8.60. The topological polar surface area (TPSA) is 34.5 Å². The van der Waals surface area contributed by atoms with E-state index < -0.39 is 0 Å². The maximum atomic E-state index is 6.62. The molecule has 4 nitrogen and oxygen atoms in total. The molecule has 300 valence electrons. The molecule has 0 radical (unpaired) electrons. The third kappa shape index (κ3) is 5.77. The second kappa shape index (κ2) is 14.5. The first-order chi connectivity index (χ1) is 31.7. The van der Waals surface area contributed by atoms with Gasteiger partial charge in [-0.2, -0.15) is 0 Å². The number of furan rings is 2. The normalized spacial score (nSPS) is 11.8. The predicted molar refractivity (Wildman–Crippen MR) is 266 cm³/mol. The molecule has 64 heavy (non-hydrogen) atoms. The molecule has 0 spiro atoms. The first-order valence-electron chi connectivity index (χ1n) is 21.7. The van der Waals surface area contributed by atoms with E-state index >= 15 is 0 Å². The predicted octanol–water partition coefficient (Wildman–Crippen LogP) is 17.1. The van der Waals surface area contributed by atoms with Crippen LogP contribution in [0.15, 0.2) is 239 Å². The fraction of sp³-hybridized carbons (Fsp3) is 0. The molecule has 0 unspecified atom stereocenters. The molecule has 0 amide bonds. The van der Waals surface area contributed by atoms with Gasteiger partial charge < -0.3 is 18.3 Å². The van der Waals surface area contributed by atoms with Gasteiger partial charge in [0.05, 0.1) is 16.7 Å². The van der Waals surface area contributed by atoms with Crippen molar-refractivity contribution in [1.82, 2.24) is 4.57 Å². The molecule has 0 saturated heterocycles. The summed E-state index contributed by atoms with van der Waals surface area (Å²) in [6.45, 7) is 0. The van der Waals surface area contributed by atoms with Gasteiger partial charge >= 0.3 is 0 Å². The molecule has 0 atom stereocenters. The van der Waals surface area contributed by atoms with Crippen LogP contribution >= 0.6 is 0 Å². The first-order valence-corrected chi connectivity index (χ1v) is 21.7. The number of fused-ring (bicyclic) bond motifs is 9. The third-order valence-corrected chi connectivity index (χ3v) is 12.8. The van der Waals surface area contributed by atoms with Crippen molar-refractivity contribution < 1.29 is 8.83 Å². The molecule has 3 heterocycles. The summed E-state index contributed by atoms with van der Waals surface area (Å²) in [6, 6.07) is 82.0. The lowest BCUT2D eigenvalue weighted by Gasteiger charge is -2.26. The van der Waals surface area contributed by atoms with Crippen molar-refractivity contribution in [3.8, 4) is 39.1 Å². The molecular formula is C60H38N2O2. The Kier molecular flexibility index (Phi) is 8.18. The van der Waals surface area contributed by atoms with Crippen LogP contribution in [0.25, 0.3) is 105 Å². The molecule has 13 rings (SSSR count). The van der Waals surface area contributed by atoms with Crippen molar-refractivity contribution in [3.05, 3.63) is 231 Å². The molecule has 0 aliphatic rings. The average molecular weight is 819 g/mol. The summed E-state index contributed by atoms with van der Waals surface area (Å²) in [5, 5.41) is 6.86. The Morgan fingerprint density at radius 1 is 0.328 bits per heavy atom. The van der Waals surface area contributed by atoms with Crippen LogP contribution < -0.4 is 4.90 Å². The molecule has 3 aromatic heterocycles. The Balaban J connectivity index is 0.919. The van der Waals surface area contributed by atoms with Gasteiger partial charge in [0, 0.05) is 49.4 Å². The van der Waals surface area contributed by atoms with Crippen LogP contribution in [0.4, 0.5) is 17.1 Å². The fourth-order valence-electron chi connectivity index (χ4n) is 9.81. The van der Waals surface area contributed by atoms with E-state index in [0.29, 0.717) is 0 Å². The van der Waals surface area contributed by atoms with Crippen molar-refractivity contribution in [2.24, 2.45) is 0 Å². The molecule has 0 aliphatic carbocycles. The maximum absolute atomic E-state index is 6.62. The fourth-order valence-corrected chi connectivity index (χ4v) is 9.81. The zero-order chi connectivity index (χ0) is 42.1. The summed E-state index contributed by atoms with van der Waals surface area (Å²) in [7, 11) is 0. The lowest BCUT2D eigenvalue weighted by Crippen LogP contribution is -2.10. The third-order valence-electron chi connectivity index (χ3n) is 12.8. The van der Waals surface area contributed by atoms with E-state index in [2.05, 4.69) is 228 Å². The highest BCUT2D eigenvalue weighted by Crippen LogP contribution is 2.45. The van der Waals surface area contributed by atoms with E-state index in [1.807, 2.05) is 12.1 Å². The standard InChI is InChI=1S/C60H38N2O2/c1-3-13-39(14-4-1)40-25-31-45(32-26-40)61(55-22-11-20-50-49-18-8-10-23-56(49)64-60(50)55)46-33-27-41(28-34-46)47-19-12-24-58-59(47)52-38-43(30-36-57(52)63-58)42-29-35-54-51(37-42)48-17-7-9-21-53(48)62(54)44-15-5-2-6-16-44/h1-38H. The molecule has 0 fully saturated rings. The largest absolute Gasteiger partial charge is 0.456 e. The monoisotopic (exact) mass is 818 g/mol. The molecule has 0 saturated carbocycles. The molecule has 13 aromatic rings. The second-order valence-corrected chi connectivity index (χ2v) is 16.5. The summed E-state index contributed by atoms with van der Waals surface area (Å²) in [5.41, 5.74) is 17.0. The number of para-hydroxylation sites is 4. The maximum Gasteiger partial charge on any atom is 0.159 e. The van der Waals surface area contributed by atoms with E-state index in [0.717, 1.165) is 88.9 Å². The summed E-state index contributed by atoms with van der Waals surface area (Å²) < 4.78 is 15.5. The summed E-state index contributed by atoms with van der Waals surface area (Å²) in [4.78, 5) is 2.30. The number of rotatable bonds is 7. The Labute approximate surface area is 369 Å². The number of aromatic nitrogens is 1. The van der Waals surface area contributed by atoms with Crippen LogP contribution in [-0.4, -0.2) is 4.57 Å². The van der Waals surface area contributed by atoms with Crippen molar-refractivity contribution in [2.45, 2.75) is 0 Å². The Bertz CT molecular complexity index is 3880. The van der Waals surface area contributed by atoms with Gasteiger partial charge in [0.2, 0.25) is 0 Å². The molecule has 0 aliphatic heterocycles. The zero-order valence-electron chi connectivity index (χ0n) is 34.7. The number of hydrogen-bond acceptors (Lipinski definition) is 3. The molecule has 0 N–H and O–H groups in total. The number of anilines is 3. The minimum Gasteiger partial charge on any atom is -0.456 e. The van der Waals surface area contributed by atoms with Gasteiger partial charge in [-0.3, -0.25) is 0 Å². The van der Waals surface area contributed by atoms with Gasteiger partial charge in [-0.15, -0.1) is 0 Å². The highest BCUT2D eigenvalue weighted by atomic mass is 16.3. The SMILES string of the molecule is c1ccc(-c2ccc(N(c3ccc(-c4cccc5oc6ccc(-c7ccc8c(c7)c7ccccc7n8-c7ccccc7)cc6c45)cc3)c3cccc4c3oc3ccccc34)cc2)cc1. The van der Waals surface area contributed by atoms with Crippen LogP contribution in [0.1, 0.15) is 0 Å². The van der Waals surface area contributed by atoms with Crippen molar-refractivity contribution in [2.75, 3.05) is 4.90 Å². The molecule has 0 bridgehead atoms. The lowest BCUT2D eigenvalue weighted by atomic mass is 9.96. The molecule has 10 aromatic carbocycles. The lowest BCUT2D eigenvalue weighted by molar-refractivity contribution is 0.668. The van der Waals surface area contributed by atoms with E-state index in [9.17, 15) is 0 Å². The van der Waals surface area contributed by atoms with Crippen LogP contribution in [0.2, 0.25) is 0 Å². The van der Waals surface area contributed by atoms with Gasteiger partial charge in [-0.25, -0.2) is 0 Å². The summed E-state index contributed by atoms with van der Waals surface area (Å²) >= 11 is 0. The van der Waals surface area contributed by atoms with Crippen molar-refractivity contribution in [1.29, 1.82) is 0 Å². The summed E-state index contributed by atoms with van der Waals surface area (Å²) in [5.74, 6) is 0. The smallest absolute Gasteiger partial charge is 0.159 e. The van der Waals surface area contributed by atoms with Crippen molar-refractivity contribution >= 4 is 82.7 Å². The number of hydrogen-bond donors (Lipinski definition) is 0. The van der Waals surface area contributed by atoms with Crippen LogP contribution in [-0.2, 0) is 0 Å². The van der Waals surface area contributed by atoms with Gasteiger partial charge in [-0.1, -0.05) is 146 Å². The summed E-state index contributed by atoms with van der Waals surface area (Å²) in [6.07, 6.45) is 0. The molecule has 4 heteroatoms. The Morgan fingerprint density at radius 2 is 0.891 bits per heavy atom. The van der Waals surface area contributed by atoms with Gasteiger partial charge in [-0.05, 0) is 118 Å².